The Labute approximate surface area is 135 Å². The fourth-order valence-corrected chi connectivity index (χ4v) is 2.48. The summed E-state index contributed by atoms with van der Waals surface area (Å²) in [6, 6.07) is 8.90. The predicted octanol–water partition coefficient (Wildman–Crippen LogP) is 2.68. The average molecular weight is 316 g/mol. The second kappa shape index (κ2) is 6.83. The fraction of sp³-hybridized carbons (Fsp3) is 0.412. The molecular weight excluding hydrogens is 296 g/mol. The van der Waals surface area contributed by atoms with Gasteiger partial charge in [-0.05, 0) is 32.0 Å². The molecule has 6 heteroatoms. The molecule has 3 rings (SSSR count). The Bertz CT molecular complexity index is 654. The molecule has 0 bridgehead atoms. The standard InChI is InChI=1S/C17H20N2O4/c1-12(2)23-16-7-3-5-13(18-16)17(20)19-8-10-22-15(11-19)14-6-4-9-21-14/h3-7,9,12,15H,8,10-11H2,1-2H3/t15-/m1/s1. The van der Waals surface area contributed by atoms with Crippen LogP contribution in [0.15, 0.2) is 41.0 Å². The highest BCUT2D eigenvalue weighted by Gasteiger charge is 2.28. The van der Waals surface area contributed by atoms with Crippen molar-refractivity contribution in [2.75, 3.05) is 19.7 Å². The Morgan fingerprint density at radius 1 is 1.35 bits per heavy atom. The summed E-state index contributed by atoms with van der Waals surface area (Å²) >= 11 is 0. The van der Waals surface area contributed by atoms with Gasteiger partial charge in [0.25, 0.3) is 5.91 Å². The molecule has 1 aliphatic heterocycles. The van der Waals surface area contributed by atoms with Gasteiger partial charge in [-0.1, -0.05) is 6.07 Å². The zero-order valence-corrected chi connectivity index (χ0v) is 13.3. The van der Waals surface area contributed by atoms with Gasteiger partial charge in [-0.3, -0.25) is 4.79 Å². The minimum absolute atomic E-state index is 0.0135. The van der Waals surface area contributed by atoms with E-state index in [9.17, 15) is 4.79 Å². The summed E-state index contributed by atoms with van der Waals surface area (Å²) in [5.74, 6) is 1.06. The van der Waals surface area contributed by atoms with Gasteiger partial charge in [-0.2, -0.15) is 0 Å². The molecule has 0 spiro atoms. The number of pyridine rings is 1. The second-order valence-corrected chi connectivity index (χ2v) is 5.65. The minimum atomic E-state index is -0.238. The van der Waals surface area contributed by atoms with Gasteiger partial charge in [-0.25, -0.2) is 4.98 Å². The van der Waals surface area contributed by atoms with Gasteiger partial charge in [-0.15, -0.1) is 0 Å². The van der Waals surface area contributed by atoms with Crippen molar-refractivity contribution < 1.29 is 18.7 Å². The third kappa shape index (κ3) is 3.71. The maximum atomic E-state index is 12.7. The number of hydrogen-bond donors (Lipinski definition) is 0. The molecule has 0 aliphatic carbocycles. The van der Waals surface area contributed by atoms with Crippen molar-refractivity contribution in [3.63, 3.8) is 0 Å². The summed E-state index contributed by atoms with van der Waals surface area (Å²) in [5, 5.41) is 0. The highest BCUT2D eigenvalue weighted by atomic mass is 16.5. The molecule has 1 atom stereocenters. The van der Waals surface area contributed by atoms with E-state index in [1.165, 1.54) is 0 Å². The molecule has 0 saturated carbocycles. The highest BCUT2D eigenvalue weighted by Crippen LogP contribution is 2.23. The van der Waals surface area contributed by atoms with Gasteiger partial charge in [0, 0.05) is 12.6 Å². The lowest BCUT2D eigenvalue weighted by Gasteiger charge is -2.31. The van der Waals surface area contributed by atoms with Gasteiger partial charge in [0.1, 0.15) is 17.6 Å². The Hall–Kier alpha value is -2.34. The maximum Gasteiger partial charge on any atom is 0.272 e. The van der Waals surface area contributed by atoms with Gasteiger partial charge >= 0.3 is 0 Å². The molecule has 23 heavy (non-hydrogen) atoms. The van der Waals surface area contributed by atoms with E-state index in [-0.39, 0.29) is 18.1 Å². The second-order valence-electron chi connectivity index (χ2n) is 5.65. The van der Waals surface area contributed by atoms with E-state index in [0.29, 0.717) is 31.3 Å². The van der Waals surface area contributed by atoms with Crippen molar-refractivity contribution in [2.24, 2.45) is 0 Å². The molecule has 1 aliphatic rings. The largest absolute Gasteiger partial charge is 0.475 e. The van der Waals surface area contributed by atoms with Crippen molar-refractivity contribution in [3.05, 3.63) is 48.0 Å². The summed E-state index contributed by atoms with van der Waals surface area (Å²) in [7, 11) is 0. The minimum Gasteiger partial charge on any atom is -0.475 e. The number of hydrogen-bond acceptors (Lipinski definition) is 5. The van der Waals surface area contributed by atoms with Crippen LogP contribution < -0.4 is 4.74 Å². The molecule has 0 radical (unpaired) electrons. The normalized spacial score (nSPS) is 18.2. The first kappa shape index (κ1) is 15.6. The van der Waals surface area contributed by atoms with E-state index in [1.54, 1.807) is 29.4 Å². The maximum absolute atomic E-state index is 12.7. The Morgan fingerprint density at radius 2 is 2.22 bits per heavy atom. The van der Waals surface area contributed by atoms with E-state index in [2.05, 4.69) is 4.98 Å². The van der Waals surface area contributed by atoms with Crippen LogP contribution in [0.2, 0.25) is 0 Å². The Morgan fingerprint density at radius 3 is 2.96 bits per heavy atom. The number of aromatic nitrogens is 1. The summed E-state index contributed by atoms with van der Waals surface area (Å²) in [5.41, 5.74) is 0.378. The number of ether oxygens (including phenoxy) is 2. The predicted molar refractivity (Wildman–Crippen MR) is 83.3 cm³/mol. The molecule has 1 saturated heterocycles. The van der Waals surface area contributed by atoms with E-state index in [0.717, 1.165) is 5.76 Å². The summed E-state index contributed by atoms with van der Waals surface area (Å²) in [4.78, 5) is 18.7. The van der Waals surface area contributed by atoms with Crippen molar-refractivity contribution in [3.8, 4) is 5.88 Å². The molecule has 122 valence electrons. The number of rotatable bonds is 4. The molecule has 3 heterocycles. The van der Waals surface area contributed by atoms with Crippen molar-refractivity contribution in [1.82, 2.24) is 9.88 Å². The molecular formula is C17H20N2O4. The number of carbonyl (C=O) groups is 1. The van der Waals surface area contributed by atoms with Crippen LogP contribution in [0.25, 0.3) is 0 Å². The van der Waals surface area contributed by atoms with Crippen LogP contribution >= 0.6 is 0 Å². The molecule has 2 aromatic heterocycles. The lowest BCUT2D eigenvalue weighted by Crippen LogP contribution is -2.42. The fourth-order valence-electron chi connectivity index (χ4n) is 2.48. The lowest BCUT2D eigenvalue weighted by molar-refractivity contribution is -0.0323. The molecule has 1 amide bonds. The topological polar surface area (TPSA) is 64.8 Å². The van der Waals surface area contributed by atoms with Crippen molar-refractivity contribution in [1.29, 1.82) is 0 Å². The summed E-state index contributed by atoms with van der Waals surface area (Å²) in [6.07, 6.45) is 1.38. The molecule has 0 N–H and O–H groups in total. The third-order valence-corrected chi connectivity index (χ3v) is 3.51. The number of morpholine rings is 1. The monoisotopic (exact) mass is 316 g/mol. The number of nitrogens with zero attached hydrogens (tertiary/aromatic N) is 2. The lowest BCUT2D eigenvalue weighted by atomic mass is 10.2. The average Bonchev–Trinajstić information content (AvgIpc) is 3.08. The molecule has 6 nitrogen and oxygen atoms in total. The van der Waals surface area contributed by atoms with Gasteiger partial charge in [0.2, 0.25) is 5.88 Å². The van der Waals surface area contributed by atoms with Crippen LogP contribution in [0.3, 0.4) is 0 Å². The van der Waals surface area contributed by atoms with Crippen LogP contribution in [0.1, 0.15) is 36.2 Å². The first-order valence-corrected chi connectivity index (χ1v) is 7.71. The number of amides is 1. The van der Waals surface area contributed by atoms with Crippen LogP contribution in [-0.2, 0) is 4.74 Å². The first-order chi connectivity index (χ1) is 11.1. The van der Waals surface area contributed by atoms with Crippen LogP contribution in [0.4, 0.5) is 0 Å². The quantitative estimate of drug-likeness (QED) is 0.867. The Balaban J connectivity index is 1.72. The van der Waals surface area contributed by atoms with Crippen LogP contribution in [0.5, 0.6) is 5.88 Å². The van der Waals surface area contributed by atoms with E-state index < -0.39 is 0 Å². The van der Waals surface area contributed by atoms with Gasteiger partial charge in [0.05, 0.1) is 25.5 Å². The zero-order chi connectivity index (χ0) is 16.2. The third-order valence-electron chi connectivity index (χ3n) is 3.51. The molecule has 0 aromatic carbocycles. The van der Waals surface area contributed by atoms with E-state index in [1.807, 2.05) is 26.0 Å². The van der Waals surface area contributed by atoms with E-state index >= 15 is 0 Å². The van der Waals surface area contributed by atoms with Crippen LogP contribution in [0, 0.1) is 0 Å². The smallest absolute Gasteiger partial charge is 0.272 e. The van der Waals surface area contributed by atoms with Gasteiger partial charge < -0.3 is 18.8 Å². The van der Waals surface area contributed by atoms with Crippen molar-refractivity contribution in [2.45, 2.75) is 26.1 Å². The Kier molecular flexibility index (Phi) is 4.62. The number of furan rings is 1. The van der Waals surface area contributed by atoms with Gasteiger partial charge in [0.15, 0.2) is 0 Å². The highest BCUT2D eigenvalue weighted by molar-refractivity contribution is 5.92. The molecule has 1 fully saturated rings. The van der Waals surface area contributed by atoms with E-state index in [4.69, 9.17) is 13.9 Å². The summed E-state index contributed by atoms with van der Waals surface area (Å²) < 4.78 is 16.6. The molecule has 0 unspecified atom stereocenters. The summed E-state index contributed by atoms with van der Waals surface area (Å²) in [6.45, 7) is 5.30. The van der Waals surface area contributed by atoms with Crippen LogP contribution in [-0.4, -0.2) is 41.6 Å². The first-order valence-electron chi connectivity index (χ1n) is 7.71. The number of carbonyl (C=O) groups excluding carboxylic acids is 1. The van der Waals surface area contributed by atoms with Crippen molar-refractivity contribution >= 4 is 5.91 Å². The molecule has 2 aromatic rings. The zero-order valence-electron chi connectivity index (χ0n) is 13.3. The SMILES string of the molecule is CC(C)Oc1cccc(C(=O)N2CCO[C@@H](c3ccco3)C2)n1.